The van der Waals surface area contributed by atoms with E-state index in [0.29, 0.717) is 12.0 Å². The van der Waals surface area contributed by atoms with Crippen LogP contribution in [0.15, 0.2) is 12.1 Å². The molecular formula is C13H19N. The Balaban J connectivity index is 2.60. The number of hydrogen-bond donors (Lipinski definition) is 1. The second-order valence-corrected chi connectivity index (χ2v) is 4.62. The molecule has 2 unspecified atom stereocenters. The molecule has 0 saturated heterocycles. The number of hydrogen-bond acceptors (Lipinski definition) is 1. The van der Waals surface area contributed by atoms with E-state index in [1.807, 2.05) is 0 Å². The molecule has 0 bridgehead atoms. The zero-order chi connectivity index (χ0) is 10.3. The Morgan fingerprint density at radius 3 is 2.64 bits per heavy atom. The Bertz CT molecular complexity index is 354. The highest BCUT2D eigenvalue weighted by Crippen LogP contribution is 2.32. The van der Waals surface area contributed by atoms with Gasteiger partial charge in [-0.05, 0) is 43.4 Å². The van der Waals surface area contributed by atoms with Crippen molar-refractivity contribution < 1.29 is 0 Å². The molecule has 1 aliphatic heterocycles. The van der Waals surface area contributed by atoms with Gasteiger partial charge in [0.2, 0.25) is 0 Å². The van der Waals surface area contributed by atoms with Crippen LogP contribution in [0, 0.1) is 13.8 Å². The maximum Gasteiger partial charge on any atom is 0.0297 e. The molecule has 0 saturated carbocycles. The Morgan fingerprint density at radius 1 is 1.21 bits per heavy atom. The molecule has 1 heterocycles. The van der Waals surface area contributed by atoms with Gasteiger partial charge in [-0.1, -0.05) is 24.6 Å². The van der Waals surface area contributed by atoms with Gasteiger partial charge in [-0.3, -0.25) is 0 Å². The summed E-state index contributed by atoms with van der Waals surface area (Å²) in [6, 6.07) is 5.15. The summed E-state index contributed by atoms with van der Waals surface area (Å²) >= 11 is 0. The van der Waals surface area contributed by atoms with Crippen LogP contribution < -0.4 is 5.32 Å². The summed E-state index contributed by atoms with van der Waals surface area (Å²) in [5, 5.41) is 3.55. The molecular weight excluding hydrogens is 170 g/mol. The van der Waals surface area contributed by atoms with Crippen LogP contribution in [0.5, 0.6) is 0 Å². The van der Waals surface area contributed by atoms with Gasteiger partial charge in [0.15, 0.2) is 0 Å². The lowest BCUT2D eigenvalue weighted by Crippen LogP contribution is -2.31. The molecule has 1 aromatic carbocycles. The largest absolute Gasteiger partial charge is 0.310 e. The predicted molar refractivity (Wildman–Crippen MR) is 60.7 cm³/mol. The molecule has 0 aromatic heterocycles. The highest BCUT2D eigenvalue weighted by molar-refractivity contribution is 5.43. The normalized spacial score (nSPS) is 26.0. The van der Waals surface area contributed by atoms with Gasteiger partial charge < -0.3 is 5.32 Å². The topological polar surface area (TPSA) is 12.0 Å². The van der Waals surface area contributed by atoms with Crippen LogP contribution in [0.25, 0.3) is 0 Å². The highest BCUT2D eigenvalue weighted by Gasteiger charge is 2.22. The number of aryl methyl sites for hydroxylation is 2. The van der Waals surface area contributed by atoms with Gasteiger partial charge in [-0.15, -0.1) is 0 Å². The first kappa shape index (κ1) is 9.72. The zero-order valence-corrected chi connectivity index (χ0v) is 9.52. The SMILES string of the molecule is Cc1cc(C)c2c(c1)C(C)CNC2C. The van der Waals surface area contributed by atoms with Gasteiger partial charge in [0, 0.05) is 12.6 Å². The van der Waals surface area contributed by atoms with Crippen LogP contribution >= 0.6 is 0 Å². The summed E-state index contributed by atoms with van der Waals surface area (Å²) in [7, 11) is 0. The smallest absolute Gasteiger partial charge is 0.0297 e. The summed E-state index contributed by atoms with van der Waals surface area (Å²) in [4.78, 5) is 0. The van der Waals surface area contributed by atoms with Crippen molar-refractivity contribution in [1.29, 1.82) is 0 Å². The van der Waals surface area contributed by atoms with Crippen LogP contribution in [0.1, 0.15) is 48.1 Å². The Labute approximate surface area is 86.5 Å². The van der Waals surface area contributed by atoms with Gasteiger partial charge in [0.05, 0.1) is 0 Å². The molecule has 1 N–H and O–H groups in total. The summed E-state index contributed by atoms with van der Waals surface area (Å²) < 4.78 is 0. The Morgan fingerprint density at radius 2 is 1.93 bits per heavy atom. The fourth-order valence-corrected chi connectivity index (χ4v) is 2.58. The Kier molecular flexibility index (Phi) is 2.36. The first-order chi connectivity index (χ1) is 6.59. The molecule has 1 aromatic rings. The van der Waals surface area contributed by atoms with Gasteiger partial charge in [-0.2, -0.15) is 0 Å². The molecule has 2 rings (SSSR count). The summed E-state index contributed by atoms with van der Waals surface area (Å²) in [5.41, 5.74) is 5.90. The molecule has 0 spiro atoms. The lowest BCUT2D eigenvalue weighted by molar-refractivity contribution is 0.492. The van der Waals surface area contributed by atoms with Crippen molar-refractivity contribution in [3.63, 3.8) is 0 Å². The van der Waals surface area contributed by atoms with Crippen LogP contribution in [0.4, 0.5) is 0 Å². The van der Waals surface area contributed by atoms with E-state index in [0.717, 1.165) is 6.54 Å². The fourth-order valence-electron chi connectivity index (χ4n) is 2.58. The second-order valence-electron chi connectivity index (χ2n) is 4.62. The van der Waals surface area contributed by atoms with Crippen molar-refractivity contribution in [3.05, 3.63) is 34.4 Å². The van der Waals surface area contributed by atoms with E-state index in [-0.39, 0.29) is 0 Å². The van der Waals surface area contributed by atoms with E-state index in [2.05, 4.69) is 45.1 Å². The molecule has 76 valence electrons. The molecule has 0 aliphatic carbocycles. The second kappa shape index (κ2) is 3.39. The van der Waals surface area contributed by atoms with Crippen LogP contribution in [-0.4, -0.2) is 6.54 Å². The van der Waals surface area contributed by atoms with E-state index in [1.54, 1.807) is 5.56 Å². The van der Waals surface area contributed by atoms with E-state index >= 15 is 0 Å². The summed E-state index contributed by atoms with van der Waals surface area (Å²) in [5.74, 6) is 0.653. The number of fused-ring (bicyclic) bond motifs is 1. The summed E-state index contributed by atoms with van der Waals surface area (Å²) in [6.45, 7) is 10.1. The van der Waals surface area contributed by atoms with Crippen molar-refractivity contribution in [2.24, 2.45) is 0 Å². The fraction of sp³-hybridized carbons (Fsp3) is 0.538. The highest BCUT2D eigenvalue weighted by atomic mass is 14.9. The monoisotopic (exact) mass is 189 g/mol. The van der Waals surface area contributed by atoms with Crippen molar-refractivity contribution in [2.45, 2.75) is 39.7 Å². The minimum atomic E-state index is 0.516. The van der Waals surface area contributed by atoms with Gasteiger partial charge in [-0.25, -0.2) is 0 Å². The molecule has 1 aliphatic rings. The van der Waals surface area contributed by atoms with E-state index < -0.39 is 0 Å². The van der Waals surface area contributed by atoms with E-state index in [4.69, 9.17) is 0 Å². The van der Waals surface area contributed by atoms with Crippen molar-refractivity contribution in [1.82, 2.24) is 5.32 Å². The van der Waals surface area contributed by atoms with Crippen molar-refractivity contribution in [3.8, 4) is 0 Å². The van der Waals surface area contributed by atoms with Crippen molar-refractivity contribution >= 4 is 0 Å². The average molecular weight is 189 g/mol. The quantitative estimate of drug-likeness (QED) is 0.661. The standard InChI is InChI=1S/C13H19N/c1-8-5-9(2)13-11(4)14-7-10(3)12(13)6-8/h5-6,10-11,14H,7H2,1-4H3. The van der Waals surface area contributed by atoms with Gasteiger partial charge in [0.25, 0.3) is 0 Å². The van der Waals surface area contributed by atoms with Crippen LogP contribution in [0.3, 0.4) is 0 Å². The third kappa shape index (κ3) is 1.46. The minimum absolute atomic E-state index is 0.516. The minimum Gasteiger partial charge on any atom is -0.310 e. The number of nitrogens with one attached hydrogen (secondary N) is 1. The van der Waals surface area contributed by atoms with Crippen molar-refractivity contribution in [2.75, 3.05) is 6.54 Å². The lowest BCUT2D eigenvalue weighted by atomic mass is 9.84. The maximum absolute atomic E-state index is 3.55. The molecule has 0 radical (unpaired) electrons. The van der Waals surface area contributed by atoms with Crippen LogP contribution in [0.2, 0.25) is 0 Å². The third-order valence-electron chi connectivity index (χ3n) is 3.26. The van der Waals surface area contributed by atoms with E-state index in [9.17, 15) is 0 Å². The number of rotatable bonds is 0. The first-order valence-electron chi connectivity index (χ1n) is 5.44. The molecule has 0 amide bonds. The third-order valence-corrected chi connectivity index (χ3v) is 3.26. The first-order valence-corrected chi connectivity index (χ1v) is 5.44. The maximum atomic E-state index is 3.55. The molecule has 1 heteroatoms. The van der Waals surface area contributed by atoms with Gasteiger partial charge in [0.1, 0.15) is 0 Å². The molecule has 14 heavy (non-hydrogen) atoms. The molecule has 2 atom stereocenters. The molecule has 0 fully saturated rings. The Hall–Kier alpha value is -0.820. The molecule has 1 nitrogen and oxygen atoms in total. The van der Waals surface area contributed by atoms with E-state index in [1.165, 1.54) is 16.7 Å². The lowest BCUT2D eigenvalue weighted by Gasteiger charge is -2.30. The van der Waals surface area contributed by atoms with Gasteiger partial charge >= 0.3 is 0 Å². The predicted octanol–water partition coefficient (Wildman–Crippen LogP) is 3.07. The average Bonchev–Trinajstić information content (AvgIpc) is 2.10. The summed E-state index contributed by atoms with van der Waals surface area (Å²) in [6.07, 6.45) is 0. The number of benzene rings is 1. The zero-order valence-electron chi connectivity index (χ0n) is 9.52. The van der Waals surface area contributed by atoms with Crippen LogP contribution in [-0.2, 0) is 0 Å².